The monoisotopic (exact) mass is 360 g/mol. The Hall–Kier alpha value is -3.43. The number of nitrogens with one attached hydrogen (secondary N) is 1. The number of methoxy groups -OCH3 is 2. The molecule has 26 heavy (non-hydrogen) atoms. The first kappa shape index (κ1) is 17.4. The van der Waals surface area contributed by atoms with Gasteiger partial charge in [-0.2, -0.15) is 0 Å². The Morgan fingerprint density at radius 1 is 1.15 bits per heavy atom. The zero-order valence-corrected chi connectivity index (χ0v) is 14.1. The fourth-order valence-electron chi connectivity index (χ4n) is 2.54. The van der Waals surface area contributed by atoms with Crippen molar-refractivity contribution in [3.05, 3.63) is 29.7 Å². The molecule has 0 saturated carbocycles. The molecule has 1 aliphatic heterocycles. The normalized spacial score (nSPS) is 13.8. The fraction of sp³-hybridized carbons (Fsp3) is 0.312. The quantitative estimate of drug-likeness (QED) is 0.756. The molecule has 1 aromatic carbocycles. The van der Waals surface area contributed by atoms with E-state index in [1.54, 1.807) is 18.2 Å². The highest BCUT2D eigenvalue weighted by atomic mass is 16.5. The molecular formula is C16H16N4O6. The summed E-state index contributed by atoms with van der Waals surface area (Å²) in [6.45, 7) is -0.126. The van der Waals surface area contributed by atoms with E-state index in [-0.39, 0.29) is 48.7 Å². The van der Waals surface area contributed by atoms with Crippen LogP contribution in [0.3, 0.4) is 0 Å². The molecule has 1 aliphatic rings. The maximum atomic E-state index is 12.5. The molecule has 0 bridgehead atoms. The third kappa shape index (κ3) is 3.34. The summed E-state index contributed by atoms with van der Waals surface area (Å²) >= 11 is 0. The second kappa shape index (κ2) is 7.21. The minimum atomic E-state index is -0.567. The number of carbonyl (C=O) groups is 3. The van der Waals surface area contributed by atoms with Crippen LogP contribution in [0.25, 0.3) is 0 Å². The van der Waals surface area contributed by atoms with Crippen LogP contribution in [0.1, 0.15) is 29.1 Å². The number of anilines is 1. The summed E-state index contributed by atoms with van der Waals surface area (Å²) in [5.41, 5.74) is 0.169. The number of ether oxygens (including phenoxy) is 2. The standard InChI is InChI=1S/C16H16N4O6/c1-24-9-4-3-5-10(25-2)14(9)15(23)17-16-19-18-11(26-16)8-20-12(21)6-7-13(20)22/h3-5H,6-8H2,1-2H3,(H,17,19,23). The number of nitrogens with zero attached hydrogens (tertiary/aromatic N) is 3. The van der Waals surface area contributed by atoms with Gasteiger partial charge in [-0.15, -0.1) is 5.10 Å². The Balaban J connectivity index is 1.74. The zero-order chi connectivity index (χ0) is 18.7. The number of benzene rings is 1. The van der Waals surface area contributed by atoms with Crippen molar-refractivity contribution in [1.29, 1.82) is 0 Å². The molecule has 136 valence electrons. The maximum absolute atomic E-state index is 12.5. The molecule has 0 unspecified atom stereocenters. The van der Waals surface area contributed by atoms with E-state index in [1.807, 2.05) is 0 Å². The third-order valence-corrected chi connectivity index (χ3v) is 3.79. The minimum Gasteiger partial charge on any atom is -0.496 e. The van der Waals surface area contributed by atoms with Gasteiger partial charge in [-0.25, -0.2) is 0 Å². The molecule has 1 fully saturated rings. The Morgan fingerprint density at radius 2 is 1.77 bits per heavy atom. The summed E-state index contributed by atoms with van der Waals surface area (Å²) in [5, 5.41) is 9.89. The van der Waals surface area contributed by atoms with Crippen molar-refractivity contribution >= 4 is 23.7 Å². The highest BCUT2D eigenvalue weighted by molar-refractivity contribution is 6.07. The summed E-state index contributed by atoms with van der Waals surface area (Å²) in [4.78, 5) is 36.8. The number of amides is 3. The van der Waals surface area contributed by atoms with E-state index in [0.29, 0.717) is 11.5 Å². The van der Waals surface area contributed by atoms with Crippen LogP contribution in [0.5, 0.6) is 11.5 Å². The molecule has 2 heterocycles. The van der Waals surface area contributed by atoms with Crippen LogP contribution >= 0.6 is 0 Å². The van der Waals surface area contributed by atoms with Crippen molar-refractivity contribution in [2.75, 3.05) is 19.5 Å². The number of hydrogen-bond donors (Lipinski definition) is 1. The SMILES string of the molecule is COc1cccc(OC)c1C(=O)Nc1nnc(CN2C(=O)CCC2=O)o1. The van der Waals surface area contributed by atoms with Gasteiger partial charge in [0.05, 0.1) is 14.2 Å². The lowest BCUT2D eigenvalue weighted by atomic mass is 10.1. The van der Waals surface area contributed by atoms with E-state index in [2.05, 4.69) is 15.5 Å². The van der Waals surface area contributed by atoms with E-state index < -0.39 is 5.91 Å². The van der Waals surface area contributed by atoms with Gasteiger partial charge in [0.15, 0.2) is 0 Å². The van der Waals surface area contributed by atoms with Crippen LogP contribution in [-0.4, -0.2) is 47.0 Å². The van der Waals surface area contributed by atoms with Gasteiger partial charge in [-0.1, -0.05) is 11.2 Å². The van der Waals surface area contributed by atoms with Crippen LogP contribution < -0.4 is 14.8 Å². The number of carbonyl (C=O) groups excluding carboxylic acids is 3. The summed E-state index contributed by atoms with van der Waals surface area (Å²) in [6.07, 6.45) is 0.342. The number of likely N-dealkylation sites (tertiary alicyclic amines) is 1. The van der Waals surface area contributed by atoms with Crippen LogP contribution in [-0.2, 0) is 16.1 Å². The Kier molecular flexibility index (Phi) is 4.83. The Morgan fingerprint density at radius 3 is 2.35 bits per heavy atom. The highest BCUT2D eigenvalue weighted by Gasteiger charge is 2.30. The molecule has 2 aromatic rings. The summed E-state index contributed by atoms with van der Waals surface area (Å²) in [7, 11) is 2.86. The number of aromatic nitrogens is 2. The third-order valence-electron chi connectivity index (χ3n) is 3.79. The van der Waals surface area contributed by atoms with Gasteiger partial charge < -0.3 is 13.9 Å². The van der Waals surface area contributed by atoms with Gasteiger partial charge in [0, 0.05) is 12.8 Å². The van der Waals surface area contributed by atoms with E-state index >= 15 is 0 Å². The van der Waals surface area contributed by atoms with Crippen molar-refractivity contribution in [2.24, 2.45) is 0 Å². The smallest absolute Gasteiger partial charge is 0.322 e. The first-order valence-electron chi connectivity index (χ1n) is 7.71. The molecule has 0 radical (unpaired) electrons. The molecule has 10 heteroatoms. The minimum absolute atomic E-state index is 0.0379. The molecule has 1 N–H and O–H groups in total. The van der Waals surface area contributed by atoms with Crippen LogP contribution in [0.4, 0.5) is 6.01 Å². The van der Waals surface area contributed by atoms with E-state index in [0.717, 1.165) is 4.90 Å². The van der Waals surface area contributed by atoms with Crippen molar-refractivity contribution in [2.45, 2.75) is 19.4 Å². The molecule has 3 rings (SSSR count). The summed E-state index contributed by atoms with van der Waals surface area (Å²) < 4.78 is 15.6. The topological polar surface area (TPSA) is 124 Å². The molecule has 0 aliphatic carbocycles. The maximum Gasteiger partial charge on any atom is 0.322 e. The second-order valence-corrected chi connectivity index (χ2v) is 5.37. The van der Waals surface area contributed by atoms with Gasteiger partial charge >= 0.3 is 6.01 Å². The van der Waals surface area contributed by atoms with E-state index in [4.69, 9.17) is 13.9 Å². The van der Waals surface area contributed by atoms with Crippen LogP contribution in [0.15, 0.2) is 22.6 Å². The molecule has 1 saturated heterocycles. The van der Waals surface area contributed by atoms with Crippen molar-refractivity contribution in [1.82, 2.24) is 15.1 Å². The van der Waals surface area contributed by atoms with Gasteiger partial charge in [0.1, 0.15) is 23.6 Å². The zero-order valence-electron chi connectivity index (χ0n) is 14.1. The first-order chi connectivity index (χ1) is 12.5. The van der Waals surface area contributed by atoms with Crippen molar-refractivity contribution in [3.8, 4) is 11.5 Å². The van der Waals surface area contributed by atoms with Gasteiger partial charge in [-0.05, 0) is 12.1 Å². The first-order valence-corrected chi connectivity index (χ1v) is 7.71. The average Bonchev–Trinajstić information content (AvgIpc) is 3.22. The fourth-order valence-corrected chi connectivity index (χ4v) is 2.54. The van der Waals surface area contributed by atoms with Crippen molar-refractivity contribution < 1.29 is 28.3 Å². The lowest BCUT2D eigenvalue weighted by Crippen LogP contribution is -2.28. The molecule has 10 nitrogen and oxygen atoms in total. The predicted molar refractivity (Wildman–Crippen MR) is 86.6 cm³/mol. The lowest BCUT2D eigenvalue weighted by molar-refractivity contribution is -0.139. The van der Waals surface area contributed by atoms with Crippen molar-refractivity contribution in [3.63, 3.8) is 0 Å². The number of imide groups is 1. The summed E-state index contributed by atoms with van der Waals surface area (Å²) in [5.74, 6) is -0.487. The van der Waals surface area contributed by atoms with E-state index in [9.17, 15) is 14.4 Å². The molecule has 0 atom stereocenters. The van der Waals surface area contributed by atoms with E-state index in [1.165, 1.54) is 14.2 Å². The molecular weight excluding hydrogens is 344 g/mol. The predicted octanol–water partition coefficient (Wildman–Crippen LogP) is 0.988. The van der Waals surface area contributed by atoms with Crippen LogP contribution in [0, 0.1) is 0 Å². The Bertz CT molecular complexity index is 824. The molecule has 1 aromatic heterocycles. The Labute approximate surface area is 148 Å². The number of rotatable bonds is 6. The molecule has 0 spiro atoms. The average molecular weight is 360 g/mol. The number of hydrogen-bond acceptors (Lipinski definition) is 8. The largest absolute Gasteiger partial charge is 0.496 e. The second-order valence-electron chi connectivity index (χ2n) is 5.37. The lowest BCUT2D eigenvalue weighted by Gasteiger charge is -2.11. The molecule has 3 amide bonds. The van der Waals surface area contributed by atoms with Gasteiger partial charge in [0.2, 0.25) is 17.7 Å². The van der Waals surface area contributed by atoms with Crippen LogP contribution in [0.2, 0.25) is 0 Å². The van der Waals surface area contributed by atoms with Gasteiger partial charge in [0.25, 0.3) is 5.91 Å². The summed E-state index contributed by atoms with van der Waals surface area (Å²) in [6, 6.07) is 4.74. The highest BCUT2D eigenvalue weighted by Crippen LogP contribution is 2.29. The van der Waals surface area contributed by atoms with Gasteiger partial charge in [-0.3, -0.25) is 24.6 Å².